The van der Waals surface area contributed by atoms with Gasteiger partial charge in [0.25, 0.3) is 0 Å². The lowest BCUT2D eigenvalue weighted by Gasteiger charge is -2.15. The van der Waals surface area contributed by atoms with Crippen molar-refractivity contribution in [2.75, 3.05) is 0 Å². The Hall–Kier alpha value is -3.33. The number of amides is 1. The van der Waals surface area contributed by atoms with Crippen molar-refractivity contribution >= 4 is 12.1 Å². The fraction of sp³-hybridized carbons (Fsp3) is 0.167. The van der Waals surface area contributed by atoms with Gasteiger partial charge in [-0.2, -0.15) is 5.26 Å². The first-order valence-electron chi connectivity index (χ1n) is 7.28. The van der Waals surface area contributed by atoms with Gasteiger partial charge in [-0.25, -0.2) is 9.59 Å². The van der Waals surface area contributed by atoms with Gasteiger partial charge in [0.05, 0.1) is 11.6 Å². The molecule has 2 aromatic carbocycles. The lowest BCUT2D eigenvalue weighted by atomic mass is 10.0. The maximum Gasteiger partial charge on any atom is 0.408 e. The second-order valence-electron chi connectivity index (χ2n) is 5.07. The number of carboxylic acid groups (broad SMARTS) is 1. The predicted molar refractivity (Wildman–Crippen MR) is 86.0 cm³/mol. The molecule has 0 spiro atoms. The molecule has 24 heavy (non-hydrogen) atoms. The maximum atomic E-state index is 11.8. The van der Waals surface area contributed by atoms with Crippen molar-refractivity contribution in [2.45, 2.75) is 19.1 Å². The smallest absolute Gasteiger partial charge is 0.408 e. The van der Waals surface area contributed by atoms with Crippen LogP contribution >= 0.6 is 0 Å². The second kappa shape index (κ2) is 8.34. The van der Waals surface area contributed by atoms with Gasteiger partial charge in [0, 0.05) is 6.42 Å². The number of nitriles is 1. The summed E-state index contributed by atoms with van der Waals surface area (Å²) in [7, 11) is 0. The average Bonchev–Trinajstić information content (AvgIpc) is 2.60. The number of ether oxygens (including phenoxy) is 1. The summed E-state index contributed by atoms with van der Waals surface area (Å²) in [5.41, 5.74) is 1.73. The molecule has 0 bridgehead atoms. The minimum Gasteiger partial charge on any atom is -0.480 e. The highest BCUT2D eigenvalue weighted by Crippen LogP contribution is 2.11. The third kappa shape index (κ3) is 4.85. The van der Waals surface area contributed by atoms with E-state index in [9.17, 15) is 14.7 Å². The minimum atomic E-state index is -1.19. The molecule has 0 heterocycles. The lowest BCUT2D eigenvalue weighted by molar-refractivity contribution is -0.139. The van der Waals surface area contributed by atoms with E-state index in [1.54, 1.807) is 36.4 Å². The molecule has 6 heteroatoms. The van der Waals surface area contributed by atoms with E-state index in [1.165, 1.54) is 0 Å². The molecule has 1 amide bonds. The summed E-state index contributed by atoms with van der Waals surface area (Å²) in [5, 5.41) is 20.6. The van der Waals surface area contributed by atoms with Gasteiger partial charge in [-0.1, -0.05) is 48.5 Å². The molecule has 1 atom stereocenters. The molecular weight excluding hydrogens is 308 g/mol. The van der Waals surface area contributed by atoms with Crippen LogP contribution in [-0.4, -0.2) is 23.2 Å². The molecular formula is C18H16N2O4. The van der Waals surface area contributed by atoms with Crippen molar-refractivity contribution in [2.24, 2.45) is 0 Å². The van der Waals surface area contributed by atoms with E-state index in [0.29, 0.717) is 11.1 Å². The monoisotopic (exact) mass is 324 g/mol. The van der Waals surface area contributed by atoms with Gasteiger partial charge in [0.15, 0.2) is 0 Å². The number of hydrogen-bond acceptors (Lipinski definition) is 4. The van der Waals surface area contributed by atoms with E-state index >= 15 is 0 Å². The third-order valence-electron chi connectivity index (χ3n) is 3.36. The van der Waals surface area contributed by atoms with Crippen LogP contribution in [0.25, 0.3) is 0 Å². The number of rotatable bonds is 6. The summed E-state index contributed by atoms with van der Waals surface area (Å²) in [5.74, 6) is -1.19. The van der Waals surface area contributed by atoms with Gasteiger partial charge in [-0.05, 0) is 17.2 Å². The zero-order valence-corrected chi connectivity index (χ0v) is 12.8. The lowest BCUT2D eigenvalue weighted by Crippen LogP contribution is -2.42. The molecule has 122 valence electrons. The second-order valence-corrected chi connectivity index (χ2v) is 5.07. The Labute approximate surface area is 139 Å². The third-order valence-corrected chi connectivity index (χ3v) is 3.36. The zero-order chi connectivity index (χ0) is 17.4. The molecule has 0 saturated carbocycles. The summed E-state index contributed by atoms with van der Waals surface area (Å²) in [4.78, 5) is 23.2. The summed E-state index contributed by atoms with van der Waals surface area (Å²) in [6.07, 6.45) is -0.819. The molecule has 2 rings (SSSR count). The highest BCUT2D eigenvalue weighted by Gasteiger charge is 2.22. The number of nitrogens with one attached hydrogen (secondary N) is 1. The molecule has 0 aliphatic heterocycles. The van der Waals surface area contributed by atoms with Crippen LogP contribution in [0.1, 0.15) is 16.7 Å². The molecule has 0 saturated heterocycles. The van der Waals surface area contributed by atoms with E-state index in [-0.39, 0.29) is 13.0 Å². The summed E-state index contributed by atoms with van der Waals surface area (Å²) in [6, 6.07) is 16.6. The van der Waals surface area contributed by atoms with E-state index in [1.807, 2.05) is 24.3 Å². The van der Waals surface area contributed by atoms with E-state index in [0.717, 1.165) is 5.56 Å². The van der Waals surface area contributed by atoms with Gasteiger partial charge in [-0.3, -0.25) is 0 Å². The number of alkyl carbamates (subject to hydrolysis) is 1. The van der Waals surface area contributed by atoms with Gasteiger partial charge >= 0.3 is 12.1 Å². The number of carboxylic acids is 1. The Morgan fingerprint density at radius 1 is 1.12 bits per heavy atom. The molecule has 0 unspecified atom stereocenters. The molecule has 0 fully saturated rings. The van der Waals surface area contributed by atoms with Gasteiger partial charge in [-0.15, -0.1) is 0 Å². The molecule has 6 nitrogen and oxygen atoms in total. The number of benzene rings is 2. The van der Waals surface area contributed by atoms with Crippen molar-refractivity contribution < 1.29 is 19.4 Å². The highest BCUT2D eigenvalue weighted by molar-refractivity contribution is 5.80. The molecule has 2 N–H and O–H groups in total. The average molecular weight is 324 g/mol. The summed E-state index contributed by atoms with van der Waals surface area (Å²) in [6.45, 7) is 0.0494. The fourth-order valence-electron chi connectivity index (χ4n) is 2.13. The molecule has 0 aliphatic carbocycles. The highest BCUT2D eigenvalue weighted by atomic mass is 16.5. The first kappa shape index (κ1) is 17.0. The Morgan fingerprint density at radius 2 is 1.79 bits per heavy atom. The maximum absolute atomic E-state index is 11.8. The normalized spacial score (nSPS) is 11.1. The topological polar surface area (TPSA) is 99.4 Å². The van der Waals surface area contributed by atoms with Crippen molar-refractivity contribution in [1.82, 2.24) is 5.32 Å². The van der Waals surface area contributed by atoms with Crippen LogP contribution in [0.5, 0.6) is 0 Å². The molecule has 0 aromatic heterocycles. The van der Waals surface area contributed by atoms with Gasteiger partial charge < -0.3 is 15.2 Å². The van der Waals surface area contributed by atoms with Crippen molar-refractivity contribution in [3.05, 3.63) is 71.3 Å². The molecule has 0 aliphatic rings. The largest absolute Gasteiger partial charge is 0.480 e. The predicted octanol–water partition coefficient (Wildman–Crippen LogP) is 2.48. The number of aliphatic carboxylic acids is 1. The van der Waals surface area contributed by atoms with Crippen molar-refractivity contribution in [3.8, 4) is 6.07 Å². The van der Waals surface area contributed by atoms with Gasteiger partial charge in [0.2, 0.25) is 0 Å². The standard InChI is InChI=1S/C18H16N2O4/c19-11-15-9-5-4-8-14(15)10-16(17(21)22)20-18(23)24-12-13-6-2-1-3-7-13/h1-9,16H,10,12H2,(H,20,23)(H,21,22)/t16-/m0/s1. The van der Waals surface area contributed by atoms with Crippen LogP contribution in [0.3, 0.4) is 0 Å². The molecule has 2 aromatic rings. The Kier molecular flexibility index (Phi) is 5.92. The summed E-state index contributed by atoms with van der Waals surface area (Å²) >= 11 is 0. The van der Waals surface area contributed by atoms with Crippen LogP contribution in [-0.2, 0) is 22.6 Å². The Morgan fingerprint density at radius 3 is 2.46 bits per heavy atom. The SMILES string of the molecule is N#Cc1ccccc1C[C@H](NC(=O)OCc1ccccc1)C(=O)O. The first-order valence-corrected chi connectivity index (χ1v) is 7.28. The van der Waals surface area contributed by atoms with Crippen molar-refractivity contribution in [1.29, 1.82) is 5.26 Å². The van der Waals surface area contributed by atoms with Gasteiger partial charge in [0.1, 0.15) is 12.6 Å². The van der Waals surface area contributed by atoms with Crippen LogP contribution in [0.15, 0.2) is 54.6 Å². The number of carbonyl (C=O) groups excluding carboxylic acids is 1. The Bertz CT molecular complexity index is 753. The van der Waals surface area contributed by atoms with Crippen LogP contribution < -0.4 is 5.32 Å². The quantitative estimate of drug-likeness (QED) is 0.850. The van der Waals surface area contributed by atoms with E-state index in [2.05, 4.69) is 5.32 Å². The fourth-order valence-corrected chi connectivity index (χ4v) is 2.13. The summed E-state index contributed by atoms with van der Waals surface area (Å²) < 4.78 is 5.02. The number of nitrogens with zero attached hydrogens (tertiary/aromatic N) is 1. The zero-order valence-electron chi connectivity index (χ0n) is 12.8. The van der Waals surface area contributed by atoms with Crippen LogP contribution in [0, 0.1) is 11.3 Å². The van der Waals surface area contributed by atoms with Crippen molar-refractivity contribution in [3.63, 3.8) is 0 Å². The van der Waals surface area contributed by atoms with Crippen LogP contribution in [0.4, 0.5) is 4.79 Å². The number of carbonyl (C=O) groups is 2. The molecule has 0 radical (unpaired) electrons. The Balaban J connectivity index is 1.97. The van der Waals surface area contributed by atoms with E-state index in [4.69, 9.17) is 10.00 Å². The number of hydrogen-bond donors (Lipinski definition) is 2. The van der Waals surface area contributed by atoms with E-state index < -0.39 is 18.1 Å². The first-order chi connectivity index (χ1) is 11.6. The minimum absolute atomic E-state index is 0.000492. The van der Waals surface area contributed by atoms with Crippen LogP contribution in [0.2, 0.25) is 0 Å².